The molecule has 0 saturated carbocycles. The second-order valence-corrected chi connectivity index (χ2v) is 13.9. The van der Waals surface area contributed by atoms with Crippen molar-refractivity contribution in [1.82, 2.24) is 4.98 Å². The lowest BCUT2D eigenvalue weighted by Gasteiger charge is -2.15. The maximum atomic E-state index is 7.00. The second-order valence-electron chi connectivity index (χ2n) is 13.9. The molecule has 0 spiro atoms. The fourth-order valence-electron chi connectivity index (χ4n) is 7.91. The fraction of sp³-hybridized carbons (Fsp3) is 0. The largest absolute Gasteiger partial charge is 0.455 e. The van der Waals surface area contributed by atoms with Crippen molar-refractivity contribution in [3.05, 3.63) is 212 Å². The van der Waals surface area contributed by atoms with Crippen LogP contribution in [0.1, 0.15) is 0 Å². The molecule has 258 valence electrons. The maximum Gasteiger partial charge on any atom is 0.143 e. The summed E-state index contributed by atoms with van der Waals surface area (Å²) in [4.78, 5) is 5.36. The lowest BCUT2D eigenvalue weighted by molar-refractivity contribution is 0.670. The number of fused-ring (bicyclic) bond motifs is 3. The predicted octanol–water partition coefficient (Wildman–Crippen LogP) is 14.6. The molecule has 10 rings (SSSR count). The Hall–Kier alpha value is -7.29. The van der Waals surface area contributed by atoms with Gasteiger partial charge >= 0.3 is 0 Å². The Morgan fingerprint density at radius 1 is 0.291 bits per heavy atom. The Balaban J connectivity index is 1.28. The van der Waals surface area contributed by atoms with Gasteiger partial charge < -0.3 is 4.42 Å². The maximum absolute atomic E-state index is 7.00. The minimum atomic E-state index is 0.826. The van der Waals surface area contributed by atoms with E-state index in [9.17, 15) is 0 Å². The molecule has 0 amide bonds. The van der Waals surface area contributed by atoms with Crippen LogP contribution in [0.15, 0.2) is 217 Å². The zero-order valence-corrected chi connectivity index (χ0v) is 30.1. The first-order valence-electron chi connectivity index (χ1n) is 18.7. The van der Waals surface area contributed by atoms with Crippen LogP contribution in [0.25, 0.3) is 100 Å². The van der Waals surface area contributed by atoms with Crippen LogP contribution >= 0.6 is 0 Å². The number of rotatable bonds is 7. The number of hydrogen-bond acceptors (Lipinski definition) is 2. The third-order valence-corrected chi connectivity index (χ3v) is 10.5. The van der Waals surface area contributed by atoms with Crippen molar-refractivity contribution in [3.63, 3.8) is 0 Å². The Bertz CT molecular complexity index is 2890. The van der Waals surface area contributed by atoms with Gasteiger partial charge in [-0.1, -0.05) is 182 Å². The van der Waals surface area contributed by atoms with Crippen molar-refractivity contribution in [2.24, 2.45) is 0 Å². The smallest absolute Gasteiger partial charge is 0.143 e. The highest BCUT2D eigenvalue weighted by molar-refractivity contribution is 6.17. The van der Waals surface area contributed by atoms with Gasteiger partial charge in [0.05, 0.1) is 11.4 Å². The molecule has 0 atom stereocenters. The van der Waals surface area contributed by atoms with Crippen LogP contribution in [0.4, 0.5) is 0 Å². The molecular formula is C53H35NO. The summed E-state index contributed by atoms with van der Waals surface area (Å²) >= 11 is 0. The van der Waals surface area contributed by atoms with Gasteiger partial charge in [0.1, 0.15) is 11.2 Å². The van der Waals surface area contributed by atoms with E-state index in [-0.39, 0.29) is 0 Å². The van der Waals surface area contributed by atoms with Crippen molar-refractivity contribution in [3.8, 4) is 78.1 Å². The molecule has 2 heteroatoms. The van der Waals surface area contributed by atoms with E-state index in [2.05, 4.69) is 206 Å². The van der Waals surface area contributed by atoms with Crippen molar-refractivity contribution in [1.29, 1.82) is 0 Å². The molecule has 0 radical (unpaired) electrons. The monoisotopic (exact) mass is 701 g/mol. The Kier molecular flexibility index (Phi) is 8.20. The summed E-state index contributed by atoms with van der Waals surface area (Å²) in [6.07, 6.45) is 0. The van der Waals surface area contributed by atoms with E-state index >= 15 is 0 Å². The van der Waals surface area contributed by atoms with Gasteiger partial charge in [-0.05, 0) is 80.4 Å². The van der Waals surface area contributed by atoms with Gasteiger partial charge in [-0.15, -0.1) is 0 Å². The lowest BCUT2D eigenvalue weighted by atomic mass is 9.88. The predicted molar refractivity (Wildman–Crippen MR) is 230 cm³/mol. The number of pyridine rings is 1. The Morgan fingerprint density at radius 3 is 1.38 bits per heavy atom. The molecule has 55 heavy (non-hydrogen) atoms. The molecule has 0 fully saturated rings. The summed E-state index contributed by atoms with van der Waals surface area (Å²) in [5.41, 5.74) is 17.0. The highest BCUT2D eigenvalue weighted by atomic mass is 16.3. The molecular weight excluding hydrogens is 667 g/mol. The van der Waals surface area contributed by atoms with E-state index in [0.717, 1.165) is 89.0 Å². The average molecular weight is 702 g/mol. The molecule has 2 heterocycles. The Labute approximate surface area is 320 Å². The van der Waals surface area contributed by atoms with Gasteiger partial charge in [0.15, 0.2) is 0 Å². The quantitative estimate of drug-likeness (QED) is 0.165. The van der Waals surface area contributed by atoms with Crippen LogP contribution in [-0.2, 0) is 0 Å². The molecule has 0 aliphatic carbocycles. The summed E-state index contributed by atoms with van der Waals surface area (Å²) in [5, 5.41) is 2.10. The molecule has 0 aliphatic heterocycles. The average Bonchev–Trinajstić information content (AvgIpc) is 3.66. The molecule has 2 nitrogen and oxygen atoms in total. The van der Waals surface area contributed by atoms with Crippen molar-refractivity contribution >= 4 is 21.9 Å². The number of benzene rings is 8. The molecule has 0 saturated heterocycles. The third kappa shape index (κ3) is 6.00. The highest BCUT2D eigenvalue weighted by Gasteiger charge is 2.22. The second kappa shape index (κ2) is 13.9. The summed E-state index contributed by atoms with van der Waals surface area (Å²) < 4.78 is 7.00. The number of nitrogens with zero attached hydrogens (tertiary/aromatic N) is 1. The fourth-order valence-corrected chi connectivity index (χ4v) is 7.91. The highest BCUT2D eigenvalue weighted by Crippen LogP contribution is 2.46. The van der Waals surface area contributed by atoms with Gasteiger partial charge in [-0.3, -0.25) is 0 Å². The van der Waals surface area contributed by atoms with Gasteiger partial charge in [0.2, 0.25) is 0 Å². The summed E-state index contributed by atoms with van der Waals surface area (Å²) in [6.45, 7) is 0. The van der Waals surface area contributed by atoms with Gasteiger partial charge in [-0.25, -0.2) is 4.98 Å². The van der Waals surface area contributed by atoms with E-state index in [0.29, 0.717) is 0 Å². The van der Waals surface area contributed by atoms with E-state index in [4.69, 9.17) is 9.40 Å². The summed E-state index contributed by atoms with van der Waals surface area (Å²) in [5.74, 6) is 0. The molecule has 0 bridgehead atoms. The minimum Gasteiger partial charge on any atom is -0.455 e. The minimum absolute atomic E-state index is 0.826. The van der Waals surface area contributed by atoms with Crippen LogP contribution in [0, 0.1) is 0 Å². The van der Waals surface area contributed by atoms with Crippen molar-refractivity contribution < 1.29 is 4.42 Å². The van der Waals surface area contributed by atoms with E-state index in [1.54, 1.807) is 0 Å². The summed E-state index contributed by atoms with van der Waals surface area (Å²) in [6, 6.07) is 75.0. The molecule has 8 aromatic carbocycles. The standard InChI is InChI=1S/C53H35NO/c1-5-18-36(19-6-1)40-34-49(39-24-11-4-12-25-39)54-50(35-40)46-30-17-31-51-52(46)48-33-41(44-28-14-13-26-42(44)37-20-7-2-8-21-37)32-47(53(48)55-51)45-29-16-15-27-43(45)38-22-9-3-10-23-38/h1-35H. The molecule has 0 aliphatic rings. The number of furan rings is 1. The van der Waals surface area contributed by atoms with Crippen LogP contribution in [0.3, 0.4) is 0 Å². The topological polar surface area (TPSA) is 26.0 Å². The SMILES string of the molecule is c1ccc(-c2cc(-c3ccccc3)nc(-c3cccc4oc5c(-c6ccccc6-c6ccccc6)cc(-c6ccccc6-c6ccccc6)cc5c34)c2)cc1. The van der Waals surface area contributed by atoms with Crippen molar-refractivity contribution in [2.45, 2.75) is 0 Å². The first-order chi connectivity index (χ1) is 27.3. The first kappa shape index (κ1) is 32.4. The van der Waals surface area contributed by atoms with Crippen LogP contribution in [0.5, 0.6) is 0 Å². The van der Waals surface area contributed by atoms with E-state index in [1.165, 1.54) is 11.1 Å². The van der Waals surface area contributed by atoms with Gasteiger partial charge in [0.25, 0.3) is 0 Å². The molecule has 10 aromatic rings. The normalized spacial score (nSPS) is 11.3. The van der Waals surface area contributed by atoms with Gasteiger partial charge in [-0.2, -0.15) is 0 Å². The van der Waals surface area contributed by atoms with Crippen LogP contribution in [-0.4, -0.2) is 4.98 Å². The summed E-state index contributed by atoms with van der Waals surface area (Å²) in [7, 11) is 0. The molecule has 0 N–H and O–H groups in total. The molecule has 0 unspecified atom stereocenters. The van der Waals surface area contributed by atoms with E-state index in [1.807, 2.05) is 6.07 Å². The zero-order valence-electron chi connectivity index (χ0n) is 30.1. The first-order valence-corrected chi connectivity index (χ1v) is 18.7. The van der Waals surface area contributed by atoms with E-state index < -0.39 is 0 Å². The number of hydrogen-bond donors (Lipinski definition) is 0. The van der Waals surface area contributed by atoms with Gasteiger partial charge in [0, 0.05) is 27.5 Å². The number of aromatic nitrogens is 1. The third-order valence-electron chi connectivity index (χ3n) is 10.5. The lowest BCUT2D eigenvalue weighted by Crippen LogP contribution is -1.92. The van der Waals surface area contributed by atoms with Crippen LogP contribution in [0.2, 0.25) is 0 Å². The molecule has 2 aromatic heterocycles. The van der Waals surface area contributed by atoms with Crippen LogP contribution < -0.4 is 0 Å². The van der Waals surface area contributed by atoms with Crippen molar-refractivity contribution in [2.75, 3.05) is 0 Å². The zero-order chi connectivity index (χ0) is 36.6. The Morgan fingerprint density at radius 2 is 0.764 bits per heavy atom.